The monoisotopic (exact) mass is 270 g/mol. The fourth-order valence-corrected chi connectivity index (χ4v) is 4.11. The van der Waals surface area contributed by atoms with Gasteiger partial charge in [-0.05, 0) is 68.7 Å². The van der Waals surface area contributed by atoms with Crippen LogP contribution >= 0.6 is 0 Å². The topological polar surface area (TPSA) is 15.3 Å². The van der Waals surface area contributed by atoms with Crippen LogP contribution in [-0.4, -0.2) is 36.6 Å². The summed E-state index contributed by atoms with van der Waals surface area (Å²) < 4.78 is 0. The summed E-state index contributed by atoms with van der Waals surface area (Å²) >= 11 is 0. The van der Waals surface area contributed by atoms with Gasteiger partial charge in [0.2, 0.25) is 0 Å². The molecule has 3 aliphatic rings. The number of rotatable bonds is 2. The molecule has 2 atom stereocenters. The van der Waals surface area contributed by atoms with Crippen molar-refractivity contribution in [3.05, 3.63) is 35.4 Å². The van der Waals surface area contributed by atoms with Crippen LogP contribution in [0.2, 0.25) is 0 Å². The lowest BCUT2D eigenvalue weighted by atomic mass is 9.87. The predicted octanol–water partition coefficient (Wildman–Crippen LogP) is 2.62. The fourth-order valence-electron chi connectivity index (χ4n) is 4.11. The molecule has 1 heterocycles. The van der Waals surface area contributed by atoms with Crippen LogP contribution in [-0.2, 0) is 12.8 Å². The maximum absolute atomic E-state index is 3.79. The molecule has 0 aromatic heterocycles. The van der Waals surface area contributed by atoms with Crippen molar-refractivity contribution in [2.45, 2.75) is 50.6 Å². The smallest absolute Gasteiger partial charge is 0.0223 e. The van der Waals surface area contributed by atoms with E-state index in [1.807, 2.05) is 0 Å². The Labute approximate surface area is 122 Å². The van der Waals surface area contributed by atoms with Gasteiger partial charge in [-0.3, -0.25) is 4.90 Å². The van der Waals surface area contributed by atoms with Crippen molar-refractivity contribution in [2.75, 3.05) is 19.6 Å². The molecule has 1 N–H and O–H groups in total. The number of nitrogens with one attached hydrogen (secondary N) is 1. The molecule has 2 nitrogen and oxygen atoms in total. The summed E-state index contributed by atoms with van der Waals surface area (Å²) in [6, 6.07) is 10.6. The first kappa shape index (κ1) is 12.8. The molecule has 20 heavy (non-hydrogen) atoms. The van der Waals surface area contributed by atoms with Crippen LogP contribution in [0.3, 0.4) is 0 Å². The maximum atomic E-state index is 3.79. The normalized spacial score (nSPS) is 31.6. The van der Waals surface area contributed by atoms with Gasteiger partial charge in [0.1, 0.15) is 0 Å². The fraction of sp³-hybridized carbons (Fsp3) is 0.667. The van der Waals surface area contributed by atoms with Gasteiger partial charge in [-0.25, -0.2) is 0 Å². The lowest BCUT2D eigenvalue weighted by molar-refractivity contribution is 0.172. The Bertz CT molecular complexity index is 466. The minimum absolute atomic E-state index is 0.773. The minimum Gasteiger partial charge on any atom is -0.312 e. The van der Waals surface area contributed by atoms with Gasteiger partial charge in [0.15, 0.2) is 0 Å². The second-order valence-electron chi connectivity index (χ2n) is 6.91. The molecule has 0 radical (unpaired) electrons. The number of nitrogens with zero attached hydrogens (tertiary/aromatic N) is 1. The molecular weight excluding hydrogens is 244 g/mol. The molecule has 0 bridgehead atoms. The second kappa shape index (κ2) is 5.50. The lowest BCUT2D eigenvalue weighted by Crippen LogP contribution is -2.45. The van der Waals surface area contributed by atoms with Crippen LogP contribution in [0.4, 0.5) is 0 Å². The number of hydrogen-bond acceptors (Lipinski definition) is 2. The summed E-state index contributed by atoms with van der Waals surface area (Å²) in [4.78, 5) is 2.80. The van der Waals surface area contributed by atoms with Crippen molar-refractivity contribution in [3.63, 3.8) is 0 Å². The summed E-state index contributed by atoms with van der Waals surface area (Å²) in [5.74, 6) is 0.978. The molecule has 1 aromatic carbocycles. The highest BCUT2D eigenvalue weighted by atomic mass is 15.2. The molecular formula is C18H26N2. The van der Waals surface area contributed by atoms with Crippen LogP contribution in [0.5, 0.6) is 0 Å². The molecule has 2 unspecified atom stereocenters. The summed E-state index contributed by atoms with van der Waals surface area (Å²) in [7, 11) is 0. The summed E-state index contributed by atoms with van der Waals surface area (Å²) in [6.07, 6.45) is 8.14. The van der Waals surface area contributed by atoms with Crippen molar-refractivity contribution < 1.29 is 0 Å². The van der Waals surface area contributed by atoms with Crippen molar-refractivity contribution >= 4 is 0 Å². The molecule has 2 fully saturated rings. The Morgan fingerprint density at radius 2 is 1.90 bits per heavy atom. The molecule has 108 valence electrons. The van der Waals surface area contributed by atoms with Gasteiger partial charge in [-0.2, -0.15) is 0 Å². The lowest BCUT2D eigenvalue weighted by Gasteiger charge is -2.36. The number of fused-ring (bicyclic) bond motifs is 1. The molecule has 1 aromatic rings. The van der Waals surface area contributed by atoms with Crippen LogP contribution in [0.15, 0.2) is 24.3 Å². The first-order valence-electron chi connectivity index (χ1n) is 8.44. The molecule has 2 heteroatoms. The van der Waals surface area contributed by atoms with Crippen molar-refractivity contribution in [2.24, 2.45) is 5.92 Å². The Morgan fingerprint density at radius 3 is 2.75 bits per heavy atom. The number of benzene rings is 1. The number of aryl methyl sites for hydroxylation is 1. The van der Waals surface area contributed by atoms with Crippen molar-refractivity contribution in [1.82, 2.24) is 10.2 Å². The van der Waals surface area contributed by atoms with Crippen LogP contribution in [0.25, 0.3) is 0 Å². The minimum atomic E-state index is 0.773. The van der Waals surface area contributed by atoms with E-state index in [0.29, 0.717) is 0 Å². The van der Waals surface area contributed by atoms with Crippen LogP contribution < -0.4 is 5.32 Å². The first-order chi connectivity index (χ1) is 9.90. The Kier molecular flexibility index (Phi) is 3.53. The molecule has 0 amide bonds. The SMILES string of the molecule is c1ccc2c(c1)CCC(N1CCCNC(C3CC3)C1)C2. The van der Waals surface area contributed by atoms with E-state index in [-0.39, 0.29) is 0 Å². The zero-order chi connectivity index (χ0) is 13.4. The van der Waals surface area contributed by atoms with E-state index in [0.717, 1.165) is 18.0 Å². The van der Waals surface area contributed by atoms with E-state index < -0.39 is 0 Å². The highest BCUT2D eigenvalue weighted by Crippen LogP contribution is 2.34. The van der Waals surface area contributed by atoms with Gasteiger partial charge in [0.25, 0.3) is 0 Å². The van der Waals surface area contributed by atoms with Gasteiger partial charge >= 0.3 is 0 Å². The standard InChI is InChI=1S/C18H26N2/c1-2-5-16-12-17(9-8-14(16)4-1)20-11-3-10-19-18(13-20)15-6-7-15/h1-2,4-5,15,17-19H,3,6-13H2. The predicted molar refractivity (Wildman–Crippen MR) is 83.0 cm³/mol. The average molecular weight is 270 g/mol. The summed E-state index contributed by atoms with van der Waals surface area (Å²) in [5.41, 5.74) is 3.19. The van der Waals surface area contributed by atoms with Crippen LogP contribution in [0, 0.1) is 5.92 Å². The third-order valence-electron chi connectivity index (χ3n) is 5.49. The van der Waals surface area contributed by atoms with E-state index in [1.54, 1.807) is 11.1 Å². The first-order valence-corrected chi connectivity index (χ1v) is 8.44. The van der Waals surface area contributed by atoms with Crippen molar-refractivity contribution in [3.8, 4) is 0 Å². The molecule has 0 spiro atoms. The van der Waals surface area contributed by atoms with E-state index in [2.05, 4.69) is 34.5 Å². The molecule has 2 aliphatic carbocycles. The summed E-state index contributed by atoms with van der Waals surface area (Å²) in [5, 5.41) is 3.79. The van der Waals surface area contributed by atoms with E-state index in [9.17, 15) is 0 Å². The van der Waals surface area contributed by atoms with Crippen molar-refractivity contribution in [1.29, 1.82) is 0 Å². The molecule has 1 saturated heterocycles. The summed E-state index contributed by atoms with van der Waals surface area (Å²) in [6.45, 7) is 3.81. The third kappa shape index (κ3) is 2.64. The van der Waals surface area contributed by atoms with E-state index in [1.165, 1.54) is 58.2 Å². The maximum Gasteiger partial charge on any atom is 0.0223 e. The van der Waals surface area contributed by atoms with Crippen LogP contribution in [0.1, 0.15) is 36.8 Å². The largest absolute Gasteiger partial charge is 0.312 e. The zero-order valence-corrected chi connectivity index (χ0v) is 12.4. The Balaban J connectivity index is 1.47. The number of hydrogen-bond donors (Lipinski definition) is 1. The van der Waals surface area contributed by atoms with E-state index >= 15 is 0 Å². The second-order valence-corrected chi connectivity index (χ2v) is 6.91. The Morgan fingerprint density at radius 1 is 1.05 bits per heavy atom. The third-order valence-corrected chi connectivity index (χ3v) is 5.49. The van der Waals surface area contributed by atoms with Gasteiger partial charge < -0.3 is 5.32 Å². The molecule has 4 rings (SSSR count). The Hall–Kier alpha value is -0.860. The quantitative estimate of drug-likeness (QED) is 0.889. The van der Waals surface area contributed by atoms with Gasteiger partial charge in [-0.15, -0.1) is 0 Å². The van der Waals surface area contributed by atoms with E-state index in [4.69, 9.17) is 0 Å². The highest BCUT2D eigenvalue weighted by molar-refractivity contribution is 5.30. The highest BCUT2D eigenvalue weighted by Gasteiger charge is 2.35. The zero-order valence-electron chi connectivity index (χ0n) is 12.4. The molecule has 1 aliphatic heterocycles. The van der Waals surface area contributed by atoms with Gasteiger partial charge in [0, 0.05) is 18.6 Å². The average Bonchev–Trinajstić information content (AvgIpc) is 3.32. The molecule has 1 saturated carbocycles. The van der Waals surface area contributed by atoms with Gasteiger partial charge in [0.05, 0.1) is 0 Å². The van der Waals surface area contributed by atoms with Gasteiger partial charge in [-0.1, -0.05) is 24.3 Å².